The number of nitrogens with one attached hydrogen (secondary N) is 2. The van der Waals surface area contributed by atoms with Gasteiger partial charge in [0, 0.05) is 40.0 Å². The highest BCUT2D eigenvalue weighted by atomic mass is 79.9. The van der Waals surface area contributed by atoms with Crippen LogP contribution < -0.4 is 10.9 Å². The van der Waals surface area contributed by atoms with Crippen molar-refractivity contribution in [2.45, 2.75) is 19.8 Å². The fourth-order valence-electron chi connectivity index (χ4n) is 3.79. The van der Waals surface area contributed by atoms with Crippen LogP contribution in [0.3, 0.4) is 0 Å². The summed E-state index contributed by atoms with van der Waals surface area (Å²) >= 11 is 3.36. The van der Waals surface area contributed by atoms with E-state index in [4.69, 9.17) is 4.42 Å². The van der Waals surface area contributed by atoms with Crippen LogP contribution in [-0.4, -0.2) is 35.7 Å². The van der Waals surface area contributed by atoms with Crippen LogP contribution in [0.25, 0.3) is 11.0 Å². The number of hydrogen-bond donors (Lipinski definition) is 2. The Labute approximate surface area is 187 Å². The van der Waals surface area contributed by atoms with E-state index >= 15 is 0 Å². The number of hydrazine groups is 1. The van der Waals surface area contributed by atoms with Crippen molar-refractivity contribution in [1.82, 2.24) is 15.8 Å². The van der Waals surface area contributed by atoms with Crippen LogP contribution >= 0.6 is 15.9 Å². The van der Waals surface area contributed by atoms with E-state index in [2.05, 4.69) is 26.8 Å². The zero-order valence-electron chi connectivity index (χ0n) is 17.0. The predicted octanol–water partition coefficient (Wildman–Crippen LogP) is 3.82. The van der Waals surface area contributed by atoms with E-state index in [-0.39, 0.29) is 23.5 Å². The number of piperidine rings is 1. The Balaban J connectivity index is 1.30. The van der Waals surface area contributed by atoms with Crippen LogP contribution in [0.5, 0.6) is 0 Å². The minimum atomic E-state index is -0.495. The predicted molar refractivity (Wildman–Crippen MR) is 119 cm³/mol. The van der Waals surface area contributed by atoms with Gasteiger partial charge in [0.05, 0.1) is 0 Å². The molecule has 0 aliphatic carbocycles. The van der Waals surface area contributed by atoms with Gasteiger partial charge in [-0.3, -0.25) is 25.2 Å². The molecule has 7 nitrogen and oxygen atoms in total. The van der Waals surface area contributed by atoms with Gasteiger partial charge in [-0.15, -0.1) is 0 Å². The Morgan fingerprint density at radius 2 is 1.68 bits per heavy atom. The van der Waals surface area contributed by atoms with Crippen LogP contribution in [0.15, 0.2) is 57.4 Å². The standard InChI is InChI=1S/C23H22BrN3O4/c1-14-18-4-2-3-5-19(18)31-20(14)22(29)26-25-21(28)15-10-12-27(13-11-15)23(30)16-6-8-17(24)9-7-16/h2-9,15H,10-13H2,1H3,(H,25,28)(H,26,29). The Morgan fingerprint density at radius 3 is 2.35 bits per heavy atom. The molecule has 1 saturated heterocycles. The molecule has 31 heavy (non-hydrogen) atoms. The van der Waals surface area contributed by atoms with Gasteiger partial charge >= 0.3 is 5.91 Å². The summed E-state index contributed by atoms with van der Waals surface area (Å²) < 4.78 is 6.53. The van der Waals surface area contributed by atoms with E-state index in [9.17, 15) is 14.4 Å². The lowest BCUT2D eigenvalue weighted by atomic mass is 9.95. The van der Waals surface area contributed by atoms with Gasteiger partial charge in [-0.05, 0) is 50.1 Å². The third-order valence-electron chi connectivity index (χ3n) is 5.59. The van der Waals surface area contributed by atoms with Gasteiger partial charge in [-0.25, -0.2) is 0 Å². The average Bonchev–Trinajstić information content (AvgIpc) is 3.14. The van der Waals surface area contributed by atoms with Gasteiger partial charge in [0.25, 0.3) is 5.91 Å². The van der Waals surface area contributed by atoms with Gasteiger partial charge in [0.15, 0.2) is 5.76 Å². The first kappa shape index (κ1) is 21.1. The molecule has 8 heteroatoms. The number of nitrogens with zero attached hydrogens (tertiary/aromatic N) is 1. The number of benzene rings is 2. The minimum absolute atomic E-state index is 0.0416. The van der Waals surface area contributed by atoms with Gasteiger partial charge in [-0.2, -0.15) is 0 Å². The highest BCUT2D eigenvalue weighted by Gasteiger charge is 2.28. The van der Waals surface area contributed by atoms with Gasteiger partial charge < -0.3 is 9.32 Å². The van der Waals surface area contributed by atoms with Crippen molar-refractivity contribution in [2.24, 2.45) is 5.92 Å². The maximum Gasteiger partial charge on any atom is 0.305 e. The summed E-state index contributed by atoms with van der Waals surface area (Å²) in [6.45, 7) is 2.79. The molecule has 1 aromatic heterocycles. The fraction of sp³-hybridized carbons (Fsp3) is 0.261. The van der Waals surface area contributed by atoms with E-state index in [1.807, 2.05) is 30.3 Å². The molecule has 0 atom stereocenters. The highest BCUT2D eigenvalue weighted by molar-refractivity contribution is 9.10. The summed E-state index contributed by atoms with van der Waals surface area (Å²) in [6, 6.07) is 14.6. The molecule has 0 unspecified atom stereocenters. The number of amides is 3. The number of carbonyl (C=O) groups is 3. The van der Waals surface area contributed by atoms with E-state index in [0.29, 0.717) is 37.1 Å². The smallest absolute Gasteiger partial charge is 0.305 e. The molecule has 0 spiro atoms. The molecule has 1 fully saturated rings. The lowest BCUT2D eigenvalue weighted by Gasteiger charge is -2.31. The Morgan fingerprint density at radius 1 is 1.00 bits per heavy atom. The molecule has 2 N–H and O–H groups in total. The molecule has 160 valence electrons. The Kier molecular flexibility index (Phi) is 6.08. The quantitative estimate of drug-likeness (QED) is 0.553. The number of hydrogen-bond acceptors (Lipinski definition) is 4. The van der Waals surface area contributed by atoms with Crippen LogP contribution in [0.4, 0.5) is 0 Å². The fourth-order valence-corrected chi connectivity index (χ4v) is 4.05. The molecular weight excluding hydrogens is 462 g/mol. The normalized spacial score (nSPS) is 14.5. The Hall–Kier alpha value is -3.13. The van der Waals surface area contributed by atoms with Crippen molar-refractivity contribution in [1.29, 1.82) is 0 Å². The first-order chi connectivity index (χ1) is 14.9. The van der Waals surface area contributed by atoms with Crippen molar-refractivity contribution in [3.63, 3.8) is 0 Å². The molecule has 0 saturated carbocycles. The third-order valence-corrected chi connectivity index (χ3v) is 6.12. The summed E-state index contributed by atoms with van der Waals surface area (Å²) in [6.07, 6.45) is 1.07. The van der Waals surface area contributed by atoms with Crippen molar-refractivity contribution in [3.8, 4) is 0 Å². The highest BCUT2D eigenvalue weighted by Crippen LogP contribution is 2.25. The summed E-state index contributed by atoms with van der Waals surface area (Å²) in [5.74, 6) is -0.898. The molecule has 3 amide bonds. The summed E-state index contributed by atoms with van der Waals surface area (Å²) in [7, 11) is 0. The second-order valence-corrected chi connectivity index (χ2v) is 8.48. The topological polar surface area (TPSA) is 91.7 Å². The second-order valence-electron chi connectivity index (χ2n) is 7.57. The number of para-hydroxylation sites is 1. The molecule has 1 aliphatic heterocycles. The molecule has 2 aromatic carbocycles. The maximum absolute atomic E-state index is 12.6. The van der Waals surface area contributed by atoms with Gasteiger partial charge in [0.2, 0.25) is 5.91 Å². The van der Waals surface area contributed by atoms with Crippen molar-refractivity contribution >= 4 is 44.6 Å². The third kappa shape index (κ3) is 4.49. The molecule has 0 bridgehead atoms. The SMILES string of the molecule is Cc1c(C(=O)NNC(=O)C2CCN(C(=O)c3ccc(Br)cc3)CC2)oc2ccccc12. The monoisotopic (exact) mass is 483 g/mol. The van der Waals surface area contributed by atoms with Gasteiger partial charge in [-0.1, -0.05) is 34.1 Å². The molecule has 2 heterocycles. The van der Waals surface area contributed by atoms with Crippen molar-refractivity contribution in [2.75, 3.05) is 13.1 Å². The number of carbonyl (C=O) groups excluding carboxylic acids is 3. The average molecular weight is 484 g/mol. The minimum Gasteiger partial charge on any atom is -0.451 e. The number of rotatable bonds is 3. The summed E-state index contributed by atoms with van der Waals surface area (Å²) in [4.78, 5) is 39.3. The molecule has 3 aromatic rings. The Bertz CT molecular complexity index is 1130. The lowest BCUT2D eigenvalue weighted by Crippen LogP contribution is -2.48. The molecular formula is C23H22BrN3O4. The molecule has 1 aliphatic rings. The van der Waals surface area contributed by atoms with Crippen LogP contribution in [0, 0.1) is 12.8 Å². The first-order valence-corrected chi connectivity index (χ1v) is 10.9. The number of furan rings is 1. The van der Waals surface area contributed by atoms with Crippen molar-refractivity contribution < 1.29 is 18.8 Å². The van der Waals surface area contributed by atoms with Crippen LogP contribution in [0.2, 0.25) is 0 Å². The van der Waals surface area contributed by atoms with E-state index in [1.54, 1.807) is 30.0 Å². The number of halogens is 1. The van der Waals surface area contributed by atoms with Gasteiger partial charge in [0.1, 0.15) is 5.58 Å². The van der Waals surface area contributed by atoms with E-state index in [0.717, 1.165) is 15.4 Å². The van der Waals surface area contributed by atoms with E-state index in [1.165, 1.54) is 0 Å². The van der Waals surface area contributed by atoms with Crippen LogP contribution in [-0.2, 0) is 4.79 Å². The first-order valence-electron chi connectivity index (χ1n) is 10.1. The largest absolute Gasteiger partial charge is 0.451 e. The zero-order valence-corrected chi connectivity index (χ0v) is 18.6. The molecule has 4 rings (SSSR count). The summed E-state index contributed by atoms with van der Waals surface area (Å²) in [5, 5.41) is 0.863. The summed E-state index contributed by atoms with van der Waals surface area (Å²) in [5.41, 5.74) is 6.92. The molecule has 0 radical (unpaired) electrons. The number of aryl methyl sites for hydroxylation is 1. The maximum atomic E-state index is 12.6. The zero-order chi connectivity index (χ0) is 22.0. The second kappa shape index (κ2) is 8.93. The number of fused-ring (bicyclic) bond motifs is 1. The van der Waals surface area contributed by atoms with Crippen LogP contribution in [0.1, 0.15) is 39.3 Å². The van der Waals surface area contributed by atoms with Crippen molar-refractivity contribution in [3.05, 3.63) is 69.9 Å². The van der Waals surface area contributed by atoms with E-state index < -0.39 is 5.91 Å². The lowest BCUT2D eigenvalue weighted by molar-refractivity contribution is -0.127. The number of likely N-dealkylation sites (tertiary alicyclic amines) is 1.